The van der Waals surface area contributed by atoms with Crippen molar-refractivity contribution in [3.8, 4) is 0 Å². The zero-order valence-corrected chi connectivity index (χ0v) is 18.7. The van der Waals surface area contributed by atoms with E-state index >= 15 is 0 Å². The quantitative estimate of drug-likeness (QED) is 0.193. The van der Waals surface area contributed by atoms with Crippen LogP contribution < -0.4 is 0 Å². The first kappa shape index (κ1) is 26.8. The number of nitrogens with zero attached hydrogens (tertiary/aromatic N) is 1. The van der Waals surface area contributed by atoms with E-state index in [0.717, 1.165) is 26.0 Å². The summed E-state index contributed by atoms with van der Waals surface area (Å²) >= 11 is 0. The first-order chi connectivity index (χ1) is 12.7. The molecule has 0 aromatic rings. The van der Waals surface area contributed by atoms with Crippen LogP contribution in [-0.2, 0) is 14.9 Å². The number of unbranched alkanes of at least 4 members (excludes halogenated alkanes) is 9. The summed E-state index contributed by atoms with van der Waals surface area (Å²) < 4.78 is 36.5. The van der Waals surface area contributed by atoms with Crippen molar-refractivity contribution in [2.75, 3.05) is 46.2 Å². The zero-order chi connectivity index (χ0) is 20.6. The van der Waals surface area contributed by atoms with Gasteiger partial charge in [0.05, 0.1) is 27.2 Å². The fourth-order valence-electron chi connectivity index (χ4n) is 3.35. The summed E-state index contributed by atoms with van der Waals surface area (Å²) in [5.41, 5.74) is 0. The molecule has 0 aromatic carbocycles. The van der Waals surface area contributed by atoms with Crippen LogP contribution in [0, 0.1) is 0 Å². The van der Waals surface area contributed by atoms with Gasteiger partial charge in [0.1, 0.15) is 18.4 Å². The maximum atomic E-state index is 10.8. The van der Waals surface area contributed by atoms with Gasteiger partial charge in [0.25, 0.3) is 10.1 Å². The van der Waals surface area contributed by atoms with Gasteiger partial charge in [-0.2, -0.15) is 8.42 Å². The smallest absolute Gasteiger partial charge is 0.267 e. The van der Waals surface area contributed by atoms with E-state index in [9.17, 15) is 13.5 Å². The van der Waals surface area contributed by atoms with Gasteiger partial charge in [-0.25, -0.2) is 0 Å². The van der Waals surface area contributed by atoms with Crippen LogP contribution in [0.4, 0.5) is 0 Å². The summed E-state index contributed by atoms with van der Waals surface area (Å²) in [6.45, 7) is 4.82. The molecule has 0 heterocycles. The molecule has 0 bridgehead atoms. The van der Waals surface area contributed by atoms with Gasteiger partial charge in [-0.05, 0) is 6.42 Å². The Bertz CT molecular complexity index is 440. The third kappa shape index (κ3) is 20.3. The van der Waals surface area contributed by atoms with E-state index in [4.69, 9.17) is 9.29 Å². The number of hydrogen-bond donors (Lipinski definition) is 2. The molecule has 0 saturated carbocycles. The molecule has 0 amide bonds. The van der Waals surface area contributed by atoms with E-state index in [1.54, 1.807) is 0 Å². The van der Waals surface area contributed by atoms with Crippen molar-refractivity contribution >= 4 is 10.1 Å². The van der Waals surface area contributed by atoms with E-state index in [-0.39, 0.29) is 6.54 Å². The monoisotopic (exact) mass is 410 g/mol. The molecule has 164 valence electrons. The van der Waals surface area contributed by atoms with Crippen molar-refractivity contribution in [1.82, 2.24) is 0 Å². The SMILES string of the molecule is CCCCCCCCCCCCOCCC[N+](C)(C)CC(O)CS(=O)(=O)O. The van der Waals surface area contributed by atoms with Crippen molar-refractivity contribution in [3.05, 3.63) is 0 Å². The van der Waals surface area contributed by atoms with Gasteiger partial charge in [0.15, 0.2) is 0 Å². The summed E-state index contributed by atoms with van der Waals surface area (Å²) in [5, 5.41) is 9.75. The molecular weight excluding hydrogens is 366 g/mol. The Labute approximate surface area is 167 Å². The largest absolute Gasteiger partial charge is 0.386 e. The minimum atomic E-state index is -4.13. The van der Waals surface area contributed by atoms with E-state index in [2.05, 4.69) is 6.92 Å². The topological polar surface area (TPSA) is 83.8 Å². The van der Waals surface area contributed by atoms with Crippen molar-refractivity contribution in [3.63, 3.8) is 0 Å². The maximum absolute atomic E-state index is 10.8. The fraction of sp³-hybridized carbons (Fsp3) is 1.00. The maximum Gasteiger partial charge on any atom is 0.267 e. The second-order valence-corrected chi connectivity index (χ2v) is 9.89. The Morgan fingerprint density at radius 3 is 1.85 bits per heavy atom. The molecule has 0 aliphatic carbocycles. The van der Waals surface area contributed by atoms with Crippen LogP contribution in [0.1, 0.15) is 77.6 Å². The molecule has 0 aliphatic heterocycles. The average molecular weight is 411 g/mol. The molecular formula is C20H44NO5S+. The van der Waals surface area contributed by atoms with Crippen molar-refractivity contribution in [2.24, 2.45) is 0 Å². The third-order valence-corrected chi connectivity index (χ3v) is 5.61. The van der Waals surface area contributed by atoms with E-state index in [0.29, 0.717) is 11.1 Å². The Balaban J connectivity index is 3.47. The molecule has 27 heavy (non-hydrogen) atoms. The van der Waals surface area contributed by atoms with E-state index < -0.39 is 22.0 Å². The van der Waals surface area contributed by atoms with Gasteiger partial charge in [0, 0.05) is 13.0 Å². The number of aliphatic hydroxyl groups is 1. The lowest BCUT2D eigenvalue weighted by Crippen LogP contribution is -2.47. The Hall–Kier alpha value is -0.210. The molecule has 0 aromatic heterocycles. The molecule has 1 unspecified atom stereocenters. The lowest BCUT2D eigenvalue weighted by Gasteiger charge is -2.31. The van der Waals surface area contributed by atoms with Crippen molar-refractivity contribution in [1.29, 1.82) is 0 Å². The predicted octanol–water partition coefficient (Wildman–Crippen LogP) is 3.64. The summed E-state index contributed by atoms with van der Waals surface area (Å²) in [5.74, 6) is -0.607. The summed E-state index contributed by atoms with van der Waals surface area (Å²) in [6, 6.07) is 0. The molecule has 0 fully saturated rings. The highest BCUT2D eigenvalue weighted by Crippen LogP contribution is 2.10. The minimum absolute atomic E-state index is 0.290. The average Bonchev–Trinajstić information content (AvgIpc) is 2.52. The van der Waals surface area contributed by atoms with Gasteiger partial charge in [0.2, 0.25) is 0 Å². The number of aliphatic hydroxyl groups excluding tert-OH is 1. The van der Waals surface area contributed by atoms with Gasteiger partial charge in [-0.1, -0.05) is 64.7 Å². The highest BCUT2D eigenvalue weighted by molar-refractivity contribution is 7.85. The first-order valence-corrected chi connectivity index (χ1v) is 12.3. The number of likely N-dealkylation sites (N-methyl/N-ethyl adjacent to an activating group) is 1. The number of quaternary nitrogens is 1. The molecule has 0 spiro atoms. The van der Waals surface area contributed by atoms with Crippen LogP contribution in [0.3, 0.4) is 0 Å². The van der Waals surface area contributed by atoms with Crippen LogP contribution in [0.15, 0.2) is 0 Å². The number of ether oxygens (including phenoxy) is 1. The molecule has 7 heteroatoms. The Morgan fingerprint density at radius 2 is 1.33 bits per heavy atom. The van der Waals surface area contributed by atoms with Crippen LogP contribution >= 0.6 is 0 Å². The molecule has 1 atom stereocenters. The van der Waals surface area contributed by atoms with Crippen molar-refractivity contribution in [2.45, 2.75) is 83.7 Å². The molecule has 0 radical (unpaired) electrons. The Kier molecular flexibility index (Phi) is 15.6. The molecule has 2 N–H and O–H groups in total. The Morgan fingerprint density at radius 1 is 0.852 bits per heavy atom. The van der Waals surface area contributed by atoms with Gasteiger partial charge < -0.3 is 14.3 Å². The third-order valence-electron chi connectivity index (χ3n) is 4.80. The molecule has 0 aliphatic rings. The second kappa shape index (κ2) is 15.7. The predicted molar refractivity (Wildman–Crippen MR) is 112 cm³/mol. The van der Waals surface area contributed by atoms with Crippen LogP contribution in [0.25, 0.3) is 0 Å². The normalized spacial score (nSPS) is 13.8. The number of rotatable bonds is 19. The highest BCUT2D eigenvalue weighted by Gasteiger charge is 2.23. The summed E-state index contributed by atoms with van der Waals surface area (Å²) in [6.07, 6.45) is 13.0. The summed E-state index contributed by atoms with van der Waals surface area (Å²) in [4.78, 5) is 0. The van der Waals surface area contributed by atoms with E-state index in [1.807, 2.05) is 14.1 Å². The number of hydrogen-bond acceptors (Lipinski definition) is 4. The second-order valence-electron chi connectivity index (χ2n) is 8.39. The van der Waals surface area contributed by atoms with Crippen LogP contribution in [0.5, 0.6) is 0 Å². The lowest BCUT2D eigenvalue weighted by molar-refractivity contribution is -0.893. The van der Waals surface area contributed by atoms with Gasteiger partial charge >= 0.3 is 0 Å². The zero-order valence-electron chi connectivity index (χ0n) is 17.9. The summed E-state index contributed by atoms with van der Waals surface area (Å²) in [7, 11) is -0.250. The standard InChI is InChI=1S/C20H43NO5S/c1-4-5-6-7-8-9-10-11-12-13-16-26-17-14-15-21(2,3)18-20(22)19-27(23,24)25/h20,22H,4-19H2,1-3H3/p+1. The lowest BCUT2D eigenvalue weighted by atomic mass is 10.1. The van der Waals surface area contributed by atoms with Crippen LogP contribution in [-0.4, -0.2) is 74.8 Å². The minimum Gasteiger partial charge on any atom is -0.386 e. The molecule has 0 saturated heterocycles. The fourth-order valence-corrected chi connectivity index (χ4v) is 3.94. The van der Waals surface area contributed by atoms with Gasteiger partial charge in [-0.15, -0.1) is 0 Å². The van der Waals surface area contributed by atoms with Crippen molar-refractivity contribution < 1.29 is 27.3 Å². The van der Waals surface area contributed by atoms with Crippen LogP contribution in [0.2, 0.25) is 0 Å². The first-order valence-electron chi connectivity index (χ1n) is 10.7. The molecule has 6 nitrogen and oxygen atoms in total. The highest BCUT2D eigenvalue weighted by atomic mass is 32.2. The molecule has 0 rings (SSSR count). The van der Waals surface area contributed by atoms with E-state index in [1.165, 1.54) is 57.8 Å². The van der Waals surface area contributed by atoms with Gasteiger partial charge in [-0.3, -0.25) is 4.55 Å².